The van der Waals surface area contributed by atoms with Crippen LogP contribution in [0.1, 0.15) is 18.4 Å². The van der Waals surface area contributed by atoms with Crippen molar-refractivity contribution in [3.63, 3.8) is 0 Å². The van der Waals surface area contributed by atoms with Gasteiger partial charge in [0.15, 0.2) is 0 Å². The van der Waals surface area contributed by atoms with Crippen molar-refractivity contribution in [2.75, 3.05) is 11.4 Å². The number of fused-ring (bicyclic) bond motifs is 1. The van der Waals surface area contributed by atoms with Crippen molar-refractivity contribution in [2.24, 2.45) is 5.92 Å². The third-order valence-electron chi connectivity index (χ3n) is 5.13. The molecule has 1 aromatic carbocycles. The molecule has 1 aromatic heterocycles. The van der Waals surface area contributed by atoms with Gasteiger partial charge in [-0.05, 0) is 43.1 Å². The first kappa shape index (κ1) is 18.1. The molecule has 2 aliphatic rings. The average Bonchev–Trinajstić information content (AvgIpc) is 2.72. The molecule has 3 amide bonds. The van der Waals surface area contributed by atoms with Gasteiger partial charge in [-0.2, -0.15) is 0 Å². The summed E-state index contributed by atoms with van der Waals surface area (Å²) in [5, 5.41) is 14.4. The van der Waals surface area contributed by atoms with Gasteiger partial charge < -0.3 is 0 Å². The molecule has 2 aliphatic heterocycles. The highest BCUT2D eigenvalue weighted by Crippen LogP contribution is 2.34. The highest BCUT2D eigenvalue weighted by atomic mass is 16.6. The Morgan fingerprint density at radius 2 is 2.00 bits per heavy atom. The molecule has 1 N–H and O–H groups in total. The van der Waals surface area contributed by atoms with Crippen LogP contribution in [0, 0.1) is 16.0 Å². The number of hydrogen-bond donors (Lipinski definition) is 1. The molecule has 2 saturated heterocycles. The third kappa shape index (κ3) is 3.20. The van der Waals surface area contributed by atoms with Crippen LogP contribution >= 0.6 is 0 Å². The number of rotatable bonds is 4. The topological polar surface area (TPSA) is 109 Å². The lowest BCUT2D eigenvalue weighted by Crippen LogP contribution is -2.67. The number of urea groups is 1. The number of nitro groups is 1. The molecule has 9 nitrogen and oxygen atoms in total. The summed E-state index contributed by atoms with van der Waals surface area (Å²) in [7, 11) is 0. The molecular weight excluding hydrogens is 362 g/mol. The maximum absolute atomic E-state index is 13.3. The molecule has 4 rings (SSSR count). The number of hydrogen-bond acceptors (Lipinski definition) is 6. The lowest BCUT2D eigenvalue weighted by atomic mass is 9.91. The third-order valence-corrected chi connectivity index (χ3v) is 5.13. The van der Waals surface area contributed by atoms with Gasteiger partial charge in [-0.3, -0.25) is 35.0 Å². The van der Waals surface area contributed by atoms with E-state index in [1.807, 2.05) is 0 Å². The van der Waals surface area contributed by atoms with Crippen LogP contribution in [0.3, 0.4) is 0 Å². The number of pyridine rings is 1. The molecule has 2 unspecified atom stereocenters. The second-order valence-corrected chi connectivity index (χ2v) is 6.86. The molecule has 0 saturated carbocycles. The summed E-state index contributed by atoms with van der Waals surface area (Å²) in [6, 6.07) is 8.96. The Morgan fingerprint density at radius 1 is 1.21 bits per heavy atom. The monoisotopic (exact) mass is 381 g/mol. The Balaban J connectivity index is 1.73. The molecule has 144 valence electrons. The highest BCUT2D eigenvalue weighted by molar-refractivity contribution is 6.07. The fraction of sp³-hybridized carbons (Fsp3) is 0.316. The molecule has 2 aromatic rings. The summed E-state index contributed by atoms with van der Waals surface area (Å²) >= 11 is 0. The number of amides is 3. The Bertz CT molecular complexity index is 920. The lowest BCUT2D eigenvalue weighted by Gasteiger charge is -2.46. The van der Waals surface area contributed by atoms with Gasteiger partial charge >= 0.3 is 6.03 Å². The van der Waals surface area contributed by atoms with Crippen molar-refractivity contribution in [3.8, 4) is 0 Å². The lowest BCUT2D eigenvalue weighted by molar-refractivity contribution is -0.384. The van der Waals surface area contributed by atoms with Gasteiger partial charge in [0, 0.05) is 24.5 Å². The van der Waals surface area contributed by atoms with Crippen LogP contribution in [0.2, 0.25) is 0 Å². The smallest absolute Gasteiger partial charge is 0.296 e. The summed E-state index contributed by atoms with van der Waals surface area (Å²) in [4.78, 5) is 43.7. The fourth-order valence-corrected chi connectivity index (χ4v) is 3.79. The zero-order chi connectivity index (χ0) is 19.7. The van der Waals surface area contributed by atoms with E-state index in [1.165, 1.54) is 21.9 Å². The van der Waals surface area contributed by atoms with Gasteiger partial charge in [0.25, 0.3) is 5.69 Å². The quantitative estimate of drug-likeness (QED) is 0.643. The normalized spacial score (nSPS) is 22.1. The van der Waals surface area contributed by atoms with Gasteiger partial charge in [-0.25, -0.2) is 4.79 Å². The number of carbonyl (C=O) groups excluding carboxylic acids is 2. The zero-order valence-electron chi connectivity index (χ0n) is 15.0. The zero-order valence-corrected chi connectivity index (χ0v) is 15.0. The molecule has 0 spiro atoms. The molecule has 0 radical (unpaired) electrons. The minimum atomic E-state index is -0.510. The minimum absolute atomic E-state index is 0.102. The first-order valence-electron chi connectivity index (χ1n) is 9.07. The van der Waals surface area contributed by atoms with E-state index in [9.17, 15) is 19.7 Å². The van der Waals surface area contributed by atoms with Crippen LogP contribution < -0.4 is 10.2 Å². The summed E-state index contributed by atoms with van der Waals surface area (Å²) < 4.78 is 0. The van der Waals surface area contributed by atoms with Crippen molar-refractivity contribution in [1.29, 1.82) is 0 Å². The number of carbonyl (C=O) groups is 2. The Kier molecular flexibility index (Phi) is 4.74. The number of anilines is 1. The number of imide groups is 1. The summed E-state index contributed by atoms with van der Waals surface area (Å²) in [6.07, 6.45) is 4.19. The second kappa shape index (κ2) is 7.35. The van der Waals surface area contributed by atoms with Gasteiger partial charge in [-0.15, -0.1) is 0 Å². The minimum Gasteiger partial charge on any atom is -0.296 e. The molecule has 9 heteroatoms. The highest BCUT2D eigenvalue weighted by Gasteiger charge is 2.47. The summed E-state index contributed by atoms with van der Waals surface area (Å²) in [5.74, 6) is -0.617. The van der Waals surface area contributed by atoms with E-state index in [4.69, 9.17) is 0 Å². The van der Waals surface area contributed by atoms with Crippen LogP contribution in [0.25, 0.3) is 0 Å². The Labute approximate surface area is 161 Å². The number of non-ortho nitro benzene ring substituents is 1. The average molecular weight is 381 g/mol. The predicted octanol–water partition coefficient (Wildman–Crippen LogP) is 2.28. The number of nitro benzene ring substituents is 1. The molecule has 2 atom stereocenters. The van der Waals surface area contributed by atoms with Crippen LogP contribution in [0.15, 0.2) is 48.8 Å². The van der Waals surface area contributed by atoms with E-state index in [0.29, 0.717) is 18.7 Å². The maximum atomic E-state index is 13.3. The van der Waals surface area contributed by atoms with Crippen LogP contribution in [0.4, 0.5) is 16.2 Å². The molecule has 28 heavy (non-hydrogen) atoms. The summed E-state index contributed by atoms with van der Waals surface area (Å²) in [6.45, 7) is 0.812. The summed E-state index contributed by atoms with van der Waals surface area (Å²) in [5.41, 5.74) is 1.09. The van der Waals surface area contributed by atoms with E-state index in [-0.39, 0.29) is 18.1 Å². The van der Waals surface area contributed by atoms with E-state index in [2.05, 4.69) is 10.3 Å². The SMILES string of the molecule is O=C1C2CCCNC2N(c2cccc([N+](=O)[O-])c2)C(=O)N1Cc1ccncc1. The number of nitrogens with zero attached hydrogens (tertiary/aromatic N) is 4. The van der Waals surface area contributed by atoms with E-state index in [0.717, 1.165) is 12.0 Å². The molecule has 2 fully saturated rings. The van der Waals surface area contributed by atoms with Gasteiger partial charge in [0.2, 0.25) is 5.91 Å². The number of benzene rings is 1. The first-order chi connectivity index (χ1) is 13.6. The van der Waals surface area contributed by atoms with Crippen molar-refractivity contribution in [3.05, 3.63) is 64.5 Å². The first-order valence-corrected chi connectivity index (χ1v) is 9.07. The van der Waals surface area contributed by atoms with Crippen LogP contribution in [0.5, 0.6) is 0 Å². The van der Waals surface area contributed by atoms with Crippen molar-refractivity contribution < 1.29 is 14.5 Å². The maximum Gasteiger partial charge on any atom is 0.332 e. The number of piperidine rings is 1. The van der Waals surface area contributed by atoms with Crippen LogP contribution in [-0.2, 0) is 11.3 Å². The predicted molar refractivity (Wildman–Crippen MR) is 100 cm³/mol. The Hall–Kier alpha value is -3.33. The largest absolute Gasteiger partial charge is 0.332 e. The van der Waals surface area contributed by atoms with E-state index < -0.39 is 23.0 Å². The van der Waals surface area contributed by atoms with Crippen molar-refractivity contribution in [1.82, 2.24) is 15.2 Å². The van der Waals surface area contributed by atoms with Crippen LogP contribution in [-0.4, -0.2) is 39.5 Å². The van der Waals surface area contributed by atoms with Gasteiger partial charge in [0.05, 0.1) is 23.1 Å². The standard InChI is InChI=1S/C19H19N5O4/c25-18-16-5-2-8-21-17(16)23(14-3-1-4-15(11-14)24(27)28)19(26)22(18)12-13-6-9-20-10-7-13/h1,3-4,6-7,9-11,16-17,21H,2,5,8,12H2. The molecular formula is C19H19N5O4. The van der Waals surface area contributed by atoms with E-state index in [1.54, 1.807) is 36.7 Å². The van der Waals surface area contributed by atoms with Crippen molar-refractivity contribution >= 4 is 23.3 Å². The van der Waals surface area contributed by atoms with Gasteiger partial charge in [-0.1, -0.05) is 6.07 Å². The number of nitrogens with one attached hydrogen (secondary N) is 1. The number of aromatic nitrogens is 1. The molecule has 0 aliphatic carbocycles. The van der Waals surface area contributed by atoms with Gasteiger partial charge in [0.1, 0.15) is 6.17 Å². The van der Waals surface area contributed by atoms with Crippen molar-refractivity contribution in [2.45, 2.75) is 25.6 Å². The second-order valence-electron chi connectivity index (χ2n) is 6.86. The fourth-order valence-electron chi connectivity index (χ4n) is 3.79. The molecule has 0 bridgehead atoms. The Morgan fingerprint density at radius 3 is 2.75 bits per heavy atom. The van der Waals surface area contributed by atoms with E-state index >= 15 is 0 Å². The molecule has 3 heterocycles.